The van der Waals surface area contributed by atoms with Crippen molar-refractivity contribution < 1.29 is 9.13 Å². The van der Waals surface area contributed by atoms with E-state index in [1.807, 2.05) is 30.3 Å². The van der Waals surface area contributed by atoms with Crippen LogP contribution in [0.1, 0.15) is 11.7 Å². The second-order valence-corrected chi connectivity index (χ2v) is 2.89. The Morgan fingerprint density at radius 1 is 1.38 bits per heavy atom. The highest BCUT2D eigenvalue weighted by molar-refractivity contribution is 5.19. The minimum Gasteiger partial charge on any atom is -0.375 e. The van der Waals surface area contributed by atoms with Gasteiger partial charge in [0.05, 0.1) is 12.1 Å². The average Bonchev–Trinajstić information content (AvgIpc) is 2.20. The Balaban J connectivity index is 2.78. The summed E-state index contributed by atoms with van der Waals surface area (Å²) in [6.45, 7) is -0.576. The molecule has 3 heteroatoms. The van der Waals surface area contributed by atoms with Gasteiger partial charge < -0.3 is 10.5 Å². The van der Waals surface area contributed by atoms with Gasteiger partial charge in [-0.1, -0.05) is 30.3 Å². The summed E-state index contributed by atoms with van der Waals surface area (Å²) in [5.74, 6) is 0. The molecule has 0 aliphatic rings. The van der Waals surface area contributed by atoms with E-state index >= 15 is 0 Å². The molecule has 0 saturated heterocycles. The second-order valence-electron chi connectivity index (χ2n) is 2.89. The number of methoxy groups -OCH3 is 1. The van der Waals surface area contributed by atoms with Crippen molar-refractivity contribution >= 4 is 0 Å². The van der Waals surface area contributed by atoms with Crippen molar-refractivity contribution in [1.29, 1.82) is 0 Å². The zero-order valence-electron chi connectivity index (χ0n) is 7.61. The van der Waals surface area contributed by atoms with Gasteiger partial charge in [0.2, 0.25) is 0 Å². The van der Waals surface area contributed by atoms with Gasteiger partial charge in [-0.3, -0.25) is 0 Å². The van der Waals surface area contributed by atoms with E-state index in [4.69, 9.17) is 10.5 Å². The summed E-state index contributed by atoms with van der Waals surface area (Å²) in [6, 6.07) is 8.83. The Morgan fingerprint density at radius 2 is 2.00 bits per heavy atom. The third-order valence-electron chi connectivity index (χ3n) is 1.95. The first kappa shape index (κ1) is 10.2. The molecule has 0 bridgehead atoms. The van der Waals surface area contributed by atoms with Crippen molar-refractivity contribution in [2.24, 2.45) is 5.73 Å². The number of hydrogen-bond acceptors (Lipinski definition) is 2. The van der Waals surface area contributed by atoms with Crippen LogP contribution in [0.15, 0.2) is 30.3 Å². The minimum absolute atomic E-state index is 0.355. The van der Waals surface area contributed by atoms with Crippen LogP contribution in [0.2, 0.25) is 0 Å². The molecular weight excluding hydrogens is 169 g/mol. The molecular formula is C10H14FNO. The van der Waals surface area contributed by atoms with Crippen LogP contribution in [-0.4, -0.2) is 19.8 Å². The predicted octanol–water partition coefficient (Wildman–Crippen LogP) is 1.67. The molecule has 0 aromatic heterocycles. The van der Waals surface area contributed by atoms with Crippen LogP contribution in [0.4, 0.5) is 4.39 Å². The minimum atomic E-state index is -0.590. The quantitative estimate of drug-likeness (QED) is 0.770. The first-order chi connectivity index (χ1) is 6.29. The Kier molecular flexibility index (Phi) is 3.86. The maximum Gasteiger partial charge on any atom is 0.107 e. The summed E-state index contributed by atoms with van der Waals surface area (Å²) in [5, 5.41) is 0. The predicted molar refractivity (Wildman–Crippen MR) is 50.1 cm³/mol. The summed E-state index contributed by atoms with van der Waals surface area (Å²) in [5.41, 5.74) is 6.47. The van der Waals surface area contributed by atoms with Crippen LogP contribution < -0.4 is 5.73 Å². The molecule has 1 rings (SSSR count). The molecule has 0 amide bonds. The van der Waals surface area contributed by atoms with Crippen molar-refractivity contribution in [3.63, 3.8) is 0 Å². The second kappa shape index (κ2) is 4.94. The van der Waals surface area contributed by atoms with Crippen molar-refractivity contribution in [1.82, 2.24) is 0 Å². The van der Waals surface area contributed by atoms with Gasteiger partial charge in [-0.05, 0) is 5.56 Å². The largest absolute Gasteiger partial charge is 0.375 e. The number of ether oxygens (including phenoxy) is 1. The maximum absolute atomic E-state index is 12.3. The molecule has 0 aliphatic carbocycles. The van der Waals surface area contributed by atoms with Crippen molar-refractivity contribution in [2.75, 3.05) is 13.8 Å². The third kappa shape index (κ3) is 2.50. The highest BCUT2D eigenvalue weighted by Crippen LogP contribution is 2.19. The Bertz CT molecular complexity index is 240. The van der Waals surface area contributed by atoms with Crippen LogP contribution in [-0.2, 0) is 4.74 Å². The maximum atomic E-state index is 12.3. The smallest absolute Gasteiger partial charge is 0.107 e. The molecule has 2 nitrogen and oxygen atoms in total. The number of nitrogens with two attached hydrogens (primary N) is 1. The van der Waals surface area contributed by atoms with Crippen molar-refractivity contribution in [3.05, 3.63) is 35.9 Å². The molecule has 0 spiro atoms. The SMILES string of the molecule is CO[C@H](c1ccccc1)[C@H](N)CF. The topological polar surface area (TPSA) is 35.2 Å². The molecule has 1 aromatic carbocycles. The zero-order valence-corrected chi connectivity index (χ0v) is 7.61. The van der Waals surface area contributed by atoms with Gasteiger partial charge in [0.25, 0.3) is 0 Å². The fourth-order valence-corrected chi connectivity index (χ4v) is 1.28. The first-order valence-corrected chi connectivity index (χ1v) is 4.19. The van der Waals surface area contributed by atoms with Gasteiger partial charge in [0.1, 0.15) is 6.67 Å². The molecule has 0 heterocycles. The molecule has 2 atom stereocenters. The van der Waals surface area contributed by atoms with Gasteiger partial charge >= 0.3 is 0 Å². The van der Waals surface area contributed by atoms with E-state index in [-0.39, 0.29) is 6.10 Å². The molecule has 0 radical (unpaired) electrons. The van der Waals surface area contributed by atoms with Crippen molar-refractivity contribution in [3.8, 4) is 0 Å². The number of benzene rings is 1. The zero-order chi connectivity index (χ0) is 9.68. The standard InChI is InChI=1S/C10H14FNO/c1-13-10(9(12)7-11)8-5-3-2-4-6-8/h2-6,9-10H,7,12H2,1H3/t9-,10-/m1/s1. The van der Waals surface area contributed by atoms with E-state index in [0.29, 0.717) is 0 Å². The van der Waals surface area contributed by atoms with E-state index in [9.17, 15) is 4.39 Å². The number of halogens is 1. The fraction of sp³-hybridized carbons (Fsp3) is 0.400. The Hall–Kier alpha value is -0.930. The molecule has 72 valence electrons. The van der Waals surface area contributed by atoms with Gasteiger partial charge in [-0.15, -0.1) is 0 Å². The highest BCUT2D eigenvalue weighted by atomic mass is 19.1. The van der Waals surface area contributed by atoms with Crippen LogP contribution in [0.5, 0.6) is 0 Å². The lowest BCUT2D eigenvalue weighted by Crippen LogP contribution is -2.31. The third-order valence-corrected chi connectivity index (χ3v) is 1.95. The molecule has 2 N–H and O–H groups in total. The summed E-state index contributed by atoms with van der Waals surface area (Å²) >= 11 is 0. The lowest BCUT2D eigenvalue weighted by Gasteiger charge is -2.20. The molecule has 1 aromatic rings. The lowest BCUT2D eigenvalue weighted by molar-refractivity contribution is 0.0721. The number of hydrogen-bond donors (Lipinski definition) is 1. The number of alkyl halides is 1. The van der Waals surface area contributed by atoms with Gasteiger partial charge in [-0.2, -0.15) is 0 Å². The highest BCUT2D eigenvalue weighted by Gasteiger charge is 2.18. The molecule has 0 fully saturated rings. The van der Waals surface area contributed by atoms with Crippen molar-refractivity contribution in [2.45, 2.75) is 12.1 Å². The monoisotopic (exact) mass is 183 g/mol. The lowest BCUT2D eigenvalue weighted by atomic mass is 10.0. The molecule has 0 aliphatic heterocycles. The average molecular weight is 183 g/mol. The summed E-state index contributed by atoms with van der Waals surface area (Å²) < 4.78 is 17.4. The van der Waals surface area contributed by atoms with Gasteiger partial charge in [0.15, 0.2) is 0 Å². The van der Waals surface area contributed by atoms with E-state index < -0.39 is 12.7 Å². The van der Waals surface area contributed by atoms with E-state index in [1.165, 1.54) is 7.11 Å². The molecule has 0 unspecified atom stereocenters. The summed E-state index contributed by atoms with van der Waals surface area (Å²) in [4.78, 5) is 0. The summed E-state index contributed by atoms with van der Waals surface area (Å²) in [7, 11) is 1.53. The van der Waals surface area contributed by atoms with Gasteiger partial charge in [0, 0.05) is 7.11 Å². The van der Waals surface area contributed by atoms with Crippen LogP contribution in [0.3, 0.4) is 0 Å². The van der Waals surface area contributed by atoms with E-state index in [1.54, 1.807) is 0 Å². The van der Waals surface area contributed by atoms with Crippen LogP contribution in [0, 0.1) is 0 Å². The Morgan fingerprint density at radius 3 is 2.46 bits per heavy atom. The van der Waals surface area contributed by atoms with Crippen LogP contribution >= 0.6 is 0 Å². The molecule has 0 saturated carbocycles. The van der Waals surface area contributed by atoms with Gasteiger partial charge in [-0.25, -0.2) is 4.39 Å². The first-order valence-electron chi connectivity index (χ1n) is 4.19. The fourth-order valence-electron chi connectivity index (χ4n) is 1.28. The van der Waals surface area contributed by atoms with Crippen LogP contribution in [0.25, 0.3) is 0 Å². The summed E-state index contributed by atoms with van der Waals surface area (Å²) in [6.07, 6.45) is -0.355. The Labute approximate surface area is 77.5 Å². The normalized spacial score (nSPS) is 15.3. The van der Waals surface area contributed by atoms with E-state index in [0.717, 1.165) is 5.56 Å². The number of rotatable bonds is 4. The van der Waals surface area contributed by atoms with E-state index in [2.05, 4.69) is 0 Å². The molecule has 13 heavy (non-hydrogen) atoms.